The van der Waals surface area contributed by atoms with Crippen molar-refractivity contribution in [3.63, 3.8) is 0 Å². The topological polar surface area (TPSA) is 44.8 Å². The van der Waals surface area contributed by atoms with E-state index in [0.717, 1.165) is 12.8 Å². The first kappa shape index (κ1) is 14.8. The summed E-state index contributed by atoms with van der Waals surface area (Å²) in [6, 6.07) is 0. The minimum absolute atomic E-state index is 0.150. The summed E-state index contributed by atoms with van der Waals surface area (Å²) in [6.45, 7) is 9.90. The molecule has 2 aliphatic rings. The maximum atomic E-state index is 12.1. The molecular formula is C15H26O4. The molecule has 0 aromatic carbocycles. The molecule has 0 N–H and O–H groups in total. The second-order valence-corrected chi connectivity index (χ2v) is 7.21. The lowest BCUT2D eigenvalue weighted by molar-refractivity contribution is -0.213. The molecule has 4 heteroatoms. The van der Waals surface area contributed by atoms with E-state index < -0.39 is 11.7 Å². The largest absolute Gasteiger partial charge is 0.456 e. The Labute approximate surface area is 115 Å². The fraction of sp³-hybridized carbons (Fsp3) is 0.933. The van der Waals surface area contributed by atoms with Crippen LogP contribution in [0.5, 0.6) is 0 Å². The van der Waals surface area contributed by atoms with E-state index in [4.69, 9.17) is 14.2 Å². The average Bonchev–Trinajstić information content (AvgIpc) is 2.52. The van der Waals surface area contributed by atoms with E-state index in [1.54, 1.807) is 7.11 Å². The molecule has 4 nitrogen and oxygen atoms in total. The molecule has 1 spiro atoms. The lowest BCUT2D eigenvalue weighted by Gasteiger charge is -2.45. The van der Waals surface area contributed by atoms with Crippen molar-refractivity contribution in [2.45, 2.75) is 65.5 Å². The first-order chi connectivity index (χ1) is 8.69. The minimum atomic E-state index is -0.499. The van der Waals surface area contributed by atoms with Crippen molar-refractivity contribution in [1.29, 1.82) is 0 Å². The lowest BCUT2D eigenvalue weighted by Crippen LogP contribution is -2.48. The maximum Gasteiger partial charge on any atom is 0.311 e. The Balaban J connectivity index is 2.09. The molecule has 3 atom stereocenters. The molecular weight excluding hydrogens is 244 g/mol. The van der Waals surface area contributed by atoms with Gasteiger partial charge < -0.3 is 14.2 Å². The van der Waals surface area contributed by atoms with Crippen molar-refractivity contribution in [3.8, 4) is 0 Å². The zero-order valence-corrected chi connectivity index (χ0v) is 12.9. The molecule has 1 aliphatic heterocycles. The third-order valence-corrected chi connectivity index (χ3v) is 4.42. The van der Waals surface area contributed by atoms with Gasteiger partial charge in [0.05, 0.1) is 11.0 Å². The Hall–Kier alpha value is -0.610. The highest BCUT2D eigenvalue weighted by molar-refractivity contribution is 5.75. The Morgan fingerprint density at radius 3 is 2.26 bits per heavy atom. The molecule has 0 radical (unpaired) electrons. The monoisotopic (exact) mass is 270 g/mol. The van der Waals surface area contributed by atoms with Crippen LogP contribution in [-0.4, -0.2) is 31.1 Å². The van der Waals surface area contributed by atoms with Gasteiger partial charge in [0.15, 0.2) is 12.4 Å². The Morgan fingerprint density at radius 1 is 1.26 bits per heavy atom. The summed E-state index contributed by atoms with van der Waals surface area (Å²) < 4.78 is 17.1. The number of rotatable bonds is 2. The number of carbonyl (C=O) groups is 1. The van der Waals surface area contributed by atoms with Gasteiger partial charge in [0.25, 0.3) is 0 Å². The fourth-order valence-electron chi connectivity index (χ4n) is 3.17. The fourth-order valence-corrected chi connectivity index (χ4v) is 3.17. The van der Waals surface area contributed by atoms with Gasteiger partial charge in [-0.1, -0.05) is 13.8 Å². The van der Waals surface area contributed by atoms with Gasteiger partial charge in [-0.2, -0.15) is 0 Å². The average molecular weight is 270 g/mol. The number of methoxy groups -OCH3 is 1. The van der Waals surface area contributed by atoms with Crippen molar-refractivity contribution in [1.82, 2.24) is 0 Å². The van der Waals surface area contributed by atoms with Crippen LogP contribution in [0.1, 0.15) is 47.5 Å². The third kappa shape index (κ3) is 2.52. The molecule has 0 unspecified atom stereocenters. The van der Waals surface area contributed by atoms with Crippen molar-refractivity contribution >= 4 is 5.97 Å². The number of esters is 1. The quantitative estimate of drug-likeness (QED) is 0.724. The van der Waals surface area contributed by atoms with Crippen LogP contribution >= 0.6 is 0 Å². The first-order valence-electron chi connectivity index (χ1n) is 7.11. The van der Waals surface area contributed by atoms with Crippen molar-refractivity contribution in [3.05, 3.63) is 0 Å². The van der Waals surface area contributed by atoms with Crippen LogP contribution in [0.25, 0.3) is 0 Å². The molecule has 1 heterocycles. The summed E-state index contributed by atoms with van der Waals surface area (Å²) in [5, 5.41) is 0. The smallest absolute Gasteiger partial charge is 0.311 e. The van der Waals surface area contributed by atoms with Crippen molar-refractivity contribution in [2.75, 3.05) is 7.11 Å². The number of hydrogen-bond acceptors (Lipinski definition) is 4. The zero-order chi connectivity index (χ0) is 14.4. The minimum Gasteiger partial charge on any atom is -0.456 e. The number of hydrogen-bond donors (Lipinski definition) is 0. The van der Waals surface area contributed by atoms with Gasteiger partial charge in [-0.05, 0) is 39.5 Å². The molecule has 0 bridgehead atoms. The lowest BCUT2D eigenvalue weighted by atomic mass is 9.65. The van der Waals surface area contributed by atoms with E-state index in [0.29, 0.717) is 5.92 Å². The second-order valence-electron chi connectivity index (χ2n) is 7.21. The molecule has 0 amide bonds. The van der Waals surface area contributed by atoms with E-state index in [1.807, 2.05) is 20.8 Å². The highest BCUT2D eigenvalue weighted by Gasteiger charge is 2.60. The van der Waals surface area contributed by atoms with Crippen LogP contribution in [0.15, 0.2) is 0 Å². The van der Waals surface area contributed by atoms with E-state index in [1.165, 1.54) is 0 Å². The van der Waals surface area contributed by atoms with Crippen molar-refractivity contribution < 1.29 is 19.0 Å². The second kappa shape index (κ2) is 4.74. The van der Waals surface area contributed by atoms with Gasteiger partial charge in [0.2, 0.25) is 0 Å². The van der Waals surface area contributed by atoms with Gasteiger partial charge >= 0.3 is 5.97 Å². The Morgan fingerprint density at radius 2 is 1.84 bits per heavy atom. The van der Waals surface area contributed by atoms with Crippen LogP contribution in [-0.2, 0) is 19.0 Å². The Bertz CT molecular complexity index is 352. The molecule has 0 aromatic heterocycles. The van der Waals surface area contributed by atoms with Gasteiger partial charge in [0.1, 0.15) is 0 Å². The summed E-state index contributed by atoms with van der Waals surface area (Å²) in [7, 11) is 1.61. The van der Waals surface area contributed by atoms with E-state index in [-0.39, 0.29) is 23.6 Å². The van der Waals surface area contributed by atoms with Crippen LogP contribution < -0.4 is 0 Å². The molecule has 19 heavy (non-hydrogen) atoms. The van der Waals surface area contributed by atoms with Crippen LogP contribution in [0.3, 0.4) is 0 Å². The maximum absolute atomic E-state index is 12.1. The molecule has 2 fully saturated rings. The number of ether oxygens (including phenoxy) is 3. The van der Waals surface area contributed by atoms with Gasteiger partial charge in [-0.3, -0.25) is 4.79 Å². The van der Waals surface area contributed by atoms with E-state index in [9.17, 15) is 4.79 Å². The highest BCUT2D eigenvalue weighted by atomic mass is 16.7. The number of carbonyl (C=O) groups excluding carboxylic acids is 1. The van der Waals surface area contributed by atoms with Crippen LogP contribution in [0, 0.1) is 17.3 Å². The summed E-state index contributed by atoms with van der Waals surface area (Å²) in [5.74, 6) is 0.663. The molecule has 110 valence electrons. The standard InChI is InChI=1S/C15H26O4/c1-9-7-15(8-9)10(2)11(12(17-6)19-15)18-13(16)14(3,4)5/h9-12H,7-8H2,1-6H3/t9-,10-,11+,12+,15-/m0/s1. The molecule has 2 rings (SSSR count). The van der Waals surface area contributed by atoms with E-state index >= 15 is 0 Å². The van der Waals surface area contributed by atoms with Gasteiger partial charge in [0, 0.05) is 13.0 Å². The van der Waals surface area contributed by atoms with Gasteiger partial charge in [-0.15, -0.1) is 0 Å². The normalized spacial score (nSPS) is 42.2. The van der Waals surface area contributed by atoms with Crippen LogP contribution in [0.2, 0.25) is 0 Å². The first-order valence-corrected chi connectivity index (χ1v) is 7.11. The zero-order valence-electron chi connectivity index (χ0n) is 12.9. The summed E-state index contributed by atoms with van der Waals surface area (Å²) in [5.41, 5.74) is -0.649. The molecule has 1 saturated heterocycles. The Kier molecular flexibility index (Phi) is 3.69. The van der Waals surface area contributed by atoms with Crippen LogP contribution in [0.4, 0.5) is 0 Å². The van der Waals surface area contributed by atoms with E-state index in [2.05, 4.69) is 13.8 Å². The predicted molar refractivity (Wildman–Crippen MR) is 71.5 cm³/mol. The summed E-state index contributed by atoms with van der Waals surface area (Å²) >= 11 is 0. The highest BCUT2D eigenvalue weighted by Crippen LogP contribution is 2.53. The predicted octanol–water partition coefficient (Wildman–Crippen LogP) is 2.75. The van der Waals surface area contributed by atoms with Gasteiger partial charge in [-0.25, -0.2) is 0 Å². The summed E-state index contributed by atoms with van der Waals surface area (Å²) in [4.78, 5) is 12.1. The SMILES string of the molecule is CO[C@@H]1O[C@]2(C[C@H](C)C2)[C@@H](C)[C@H]1OC(=O)C(C)(C)C. The molecule has 1 aliphatic carbocycles. The third-order valence-electron chi connectivity index (χ3n) is 4.42. The molecule has 1 saturated carbocycles. The van der Waals surface area contributed by atoms with Crippen molar-refractivity contribution in [2.24, 2.45) is 17.3 Å². The summed E-state index contributed by atoms with van der Waals surface area (Å²) in [6.07, 6.45) is 1.31. The molecule has 0 aromatic rings.